The topological polar surface area (TPSA) is 95.8 Å². The van der Waals surface area contributed by atoms with Crippen molar-refractivity contribution in [3.63, 3.8) is 0 Å². The lowest BCUT2D eigenvalue weighted by Crippen LogP contribution is -2.40. The molecule has 0 atom stereocenters. The van der Waals surface area contributed by atoms with Gasteiger partial charge >= 0.3 is 12.1 Å². The molecule has 0 N–H and O–H groups in total. The van der Waals surface area contributed by atoms with Crippen LogP contribution in [0.2, 0.25) is 0 Å². The Balaban J connectivity index is 1.30. The summed E-state index contributed by atoms with van der Waals surface area (Å²) in [6.45, 7) is 8.67. The highest BCUT2D eigenvalue weighted by Gasteiger charge is 2.28. The van der Waals surface area contributed by atoms with Crippen molar-refractivity contribution in [3.8, 4) is 5.75 Å². The first-order valence-corrected chi connectivity index (χ1v) is 14.3. The van der Waals surface area contributed by atoms with E-state index in [1.807, 2.05) is 86.1 Å². The number of pyridine rings is 2. The third-order valence-corrected chi connectivity index (χ3v) is 6.73. The Morgan fingerprint density at radius 1 is 1.07 bits per heavy atom. The zero-order valence-corrected chi connectivity index (χ0v) is 24.5. The van der Waals surface area contributed by atoms with E-state index in [0.29, 0.717) is 43.4 Å². The van der Waals surface area contributed by atoms with Crippen LogP contribution in [0.15, 0.2) is 73.1 Å². The minimum Gasteiger partial charge on any atom is -0.493 e. The number of amides is 1. The Kier molecular flexibility index (Phi) is 8.56. The van der Waals surface area contributed by atoms with Gasteiger partial charge < -0.3 is 18.8 Å². The van der Waals surface area contributed by atoms with Gasteiger partial charge in [-0.2, -0.15) is 0 Å². The van der Waals surface area contributed by atoms with Crippen LogP contribution in [0.25, 0.3) is 16.6 Å². The van der Waals surface area contributed by atoms with Gasteiger partial charge in [0.05, 0.1) is 30.1 Å². The summed E-state index contributed by atoms with van der Waals surface area (Å²) < 4.78 is 18.8. The molecule has 0 saturated heterocycles. The molecule has 218 valence electrons. The number of carbonyl (C=O) groups is 2. The molecule has 1 aliphatic rings. The van der Waals surface area contributed by atoms with Gasteiger partial charge in [0.15, 0.2) is 0 Å². The molecule has 0 unspecified atom stereocenters. The molecule has 5 rings (SSSR count). The Labute approximate surface area is 245 Å². The smallest absolute Gasteiger partial charge is 0.416 e. The average Bonchev–Trinajstić information content (AvgIpc) is 3.38. The van der Waals surface area contributed by atoms with Gasteiger partial charge in [-0.05, 0) is 88.6 Å². The predicted octanol–water partition coefficient (Wildman–Crippen LogP) is 6.19. The Hall–Kier alpha value is -4.66. The summed E-state index contributed by atoms with van der Waals surface area (Å²) in [7, 11) is 0. The summed E-state index contributed by atoms with van der Waals surface area (Å²) in [6.07, 6.45) is 7.04. The van der Waals surface area contributed by atoms with E-state index in [4.69, 9.17) is 19.2 Å². The zero-order valence-electron chi connectivity index (χ0n) is 24.5. The summed E-state index contributed by atoms with van der Waals surface area (Å²) in [5.41, 5.74) is 3.51. The second-order valence-electron chi connectivity index (χ2n) is 11.0. The number of anilines is 1. The highest BCUT2D eigenvalue weighted by atomic mass is 16.6. The molecule has 1 aliphatic heterocycles. The van der Waals surface area contributed by atoms with Crippen LogP contribution < -0.4 is 9.64 Å². The molecule has 4 aromatic rings. The first-order valence-electron chi connectivity index (χ1n) is 14.3. The van der Waals surface area contributed by atoms with Gasteiger partial charge in [-0.3, -0.25) is 9.88 Å². The van der Waals surface area contributed by atoms with Gasteiger partial charge in [0.25, 0.3) is 0 Å². The van der Waals surface area contributed by atoms with E-state index in [1.165, 1.54) is 6.08 Å². The molecule has 0 radical (unpaired) electrons. The molecular weight excluding hydrogens is 532 g/mol. The number of rotatable bonds is 8. The molecule has 0 spiro atoms. The fourth-order valence-electron chi connectivity index (χ4n) is 4.88. The summed E-state index contributed by atoms with van der Waals surface area (Å²) in [5.74, 6) is 0.975. The van der Waals surface area contributed by atoms with Crippen molar-refractivity contribution in [2.45, 2.75) is 52.6 Å². The van der Waals surface area contributed by atoms with Crippen molar-refractivity contribution >= 4 is 34.5 Å². The van der Waals surface area contributed by atoms with Gasteiger partial charge in [0, 0.05) is 42.5 Å². The molecule has 9 nitrogen and oxygen atoms in total. The van der Waals surface area contributed by atoms with Gasteiger partial charge in [-0.25, -0.2) is 14.6 Å². The molecule has 0 aliphatic carbocycles. The van der Waals surface area contributed by atoms with Gasteiger partial charge in [0.1, 0.15) is 17.2 Å². The van der Waals surface area contributed by atoms with Crippen molar-refractivity contribution in [2.24, 2.45) is 0 Å². The van der Waals surface area contributed by atoms with Crippen molar-refractivity contribution in [3.05, 3.63) is 90.0 Å². The van der Waals surface area contributed by atoms with E-state index in [0.717, 1.165) is 40.8 Å². The van der Waals surface area contributed by atoms with E-state index >= 15 is 0 Å². The van der Waals surface area contributed by atoms with Crippen LogP contribution in [0.1, 0.15) is 51.1 Å². The van der Waals surface area contributed by atoms with E-state index in [1.54, 1.807) is 18.0 Å². The number of fused-ring (bicyclic) bond motifs is 2. The highest BCUT2D eigenvalue weighted by molar-refractivity contribution is 5.94. The fraction of sp³-hybridized carbons (Fsp3) is 0.333. The van der Waals surface area contributed by atoms with E-state index < -0.39 is 11.6 Å². The molecule has 0 bridgehead atoms. The largest absolute Gasteiger partial charge is 0.493 e. The third kappa shape index (κ3) is 6.79. The summed E-state index contributed by atoms with van der Waals surface area (Å²) in [6, 6.07) is 17.4. The van der Waals surface area contributed by atoms with Crippen molar-refractivity contribution in [2.75, 3.05) is 24.7 Å². The lowest BCUT2D eigenvalue weighted by atomic mass is 10.1. The minimum atomic E-state index is -0.570. The standard InChI is InChI=1S/C33H36N4O5/c1-5-40-30(38)22-29(27-10-6-7-17-34-27)36-19-15-24-21-26(13-14-28(24)36)41-20-16-25-12-11-23-9-8-18-37(31(23)35-25)32(39)42-33(2,3)4/h6-7,10-15,17,19,21-22H,5,8-9,16,18,20H2,1-4H3/b29-22+. The monoisotopic (exact) mass is 568 g/mol. The quantitative estimate of drug-likeness (QED) is 0.185. The maximum Gasteiger partial charge on any atom is 0.416 e. The SMILES string of the molecule is CCOC(=O)/C=C(\c1ccccn1)n1ccc2cc(OCCc3ccc4c(n3)N(C(=O)OC(C)(C)C)CCC4)ccc21. The molecule has 0 saturated carbocycles. The highest BCUT2D eigenvalue weighted by Crippen LogP contribution is 2.29. The lowest BCUT2D eigenvalue weighted by molar-refractivity contribution is -0.137. The summed E-state index contributed by atoms with van der Waals surface area (Å²) >= 11 is 0. The van der Waals surface area contributed by atoms with E-state index in [9.17, 15) is 9.59 Å². The molecular formula is C33H36N4O5. The fourth-order valence-corrected chi connectivity index (χ4v) is 4.88. The Morgan fingerprint density at radius 3 is 2.69 bits per heavy atom. The first kappa shape index (κ1) is 28.9. The van der Waals surface area contributed by atoms with Crippen LogP contribution in [-0.2, 0) is 27.1 Å². The van der Waals surface area contributed by atoms with E-state index in [-0.39, 0.29) is 6.09 Å². The number of nitrogens with zero attached hydrogens (tertiary/aromatic N) is 4. The second-order valence-corrected chi connectivity index (χ2v) is 11.0. The Bertz CT molecular complexity index is 1600. The molecule has 42 heavy (non-hydrogen) atoms. The molecule has 4 heterocycles. The zero-order chi connectivity index (χ0) is 29.7. The lowest BCUT2D eigenvalue weighted by Gasteiger charge is -2.31. The van der Waals surface area contributed by atoms with Crippen LogP contribution in [0, 0.1) is 0 Å². The summed E-state index contributed by atoms with van der Waals surface area (Å²) in [4.78, 5) is 36.0. The number of aromatic nitrogens is 3. The minimum absolute atomic E-state index is 0.293. The average molecular weight is 569 g/mol. The van der Waals surface area contributed by atoms with Crippen LogP contribution in [-0.4, -0.2) is 52.0 Å². The van der Waals surface area contributed by atoms with Crippen molar-refractivity contribution in [1.82, 2.24) is 14.5 Å². The number of aryl methyl sites for hydroxylation is 1. The normalized spacial score (nSPS) is 13.5. The number of benzene rings is 1. The van der Waals surface area contributed by atoms with Crippen LogP contribution >= 0.6 is 0 Å². The molecule has 3 aromatic heterocycles. The number of ether oxygens (including phenoxy) is 3. The van der Waals surface area contributed by atoms with E-state index in [2.05, 4.69) is 4.98 Å². The second kappa shape index (κ2) is 12.5. The first-order chi connectivity index (χ1) is 20.2. The van der Waals surface area contributed by atoms with Crippen LogP contribution in [0.4, 0.5) is 10.6 Å². The number of esters is 1. The third-order valence-electron chi connectivity index (χ3n) is 6.73. The molecule has 1 aromatic carbocycles. The maximum absolute atomic E-state index is 12.8. The molecule has 1 amide bonds. The van der Waals surface area contributed by atoms with Crippen LogP contribution in [0.5, 0.6) is 5.75 Å². The predicted molar refractivity (Wildman–Crippen MR) is 162 cm³/mol. The van der Waals surface area contributed by atoms with Gasteiger partial charge in [0.2, 0.25) is 0 Å². The number of hydrogen-bond donors (Lipinski definition) is 0. The van der Waals surface area contributed by atoms with Gasteiger partial charge in [-0.15, -0.1) is 0 Å². The van der Waals surface area contributed by atoms with Crippen molar-refractivity contribution < 1.29 is 23.8 Å². The van der Waals surface area contributed by atoms with Crippen LogP contribution in [0.3, 0.4) is 0 Å². The number of hydrogen-bond acceptors (Lipinski definition) is 7. The maximum atomic E-state index is 12.8. The molecule has 0 fully saturated rings. The van der Waals surface area contributed by atoms with Gasteiger partial charge in [-0.1, -0.05) is 12.1 Å². The summed E-state index contributed by atoms with van der Waals surface area (Å²) in [5, 5.41) is 0.957. The Morgan fingerprint density at radius 2 is 1.93 bits per heavy atom. The molecule has 9 heteroatoms. The number of carbonyl (C=O) groups excluding carboxylic acids is 2. The van der Waals surface area contributed by atoms with Crippen molar-refractivity contribution in [1.29, 1.82) is 0 Å².